The van der Waals surface area contributed by atoms with Crippen molar-refractivity contribution in [3.05, 3.63) is 30.3 Å². The Morgan fingerprint density at radius 1 is 1.42 bits per heavy atom. The van der Waals surface area contributed by atoms with E-state index in [2.05, 4.69) is 17.1 Å². The first-order chi connectivity index (χ1) is 12.1. The SMILES string of the molecule is CCNC(=NCC(C)Oc1ccccc1)N1CCCC(CC(N)=O)C1.I. The van der Waals surface area contributed by atoms with Crippen LogP contribution in [0.1, 0.15) is 33.1 Å². The molecule has 3 N–H and O–H groups in total. The molecule has 146 valence electrons. The van der Waals surface area contributed by atoms with E-state index in [0.29, 0.717) is 18.9 Å². The summed E-state index contributed by atoms with van der Waals surface area (Å²) in [6.45, 7) is 7.24. The van der Waals surface area contributed by atoms with Crippen LogP contribution in [0.3, 0.4) is 0 Å². The van der Waals surface area contributed by atoms with Crippen LogP contribution in [0.15, 0.2) is 35.3 Å². The predicted molar refractivity (Wildman–Crippen MR) is 116 cm³/mol. The lowest BCUT2D eigenvalue weighted by Crippen LogP contribution is -2.47. The van der Waals surface area contributed by atoms with E-state index >= 15 is 0 Å². The van der Waals surface area contributed by atoms with Crippen LogP contribution in [0.25, 0.3) is 0 Å². The van der Waals surface area contributed by atoms with Crippen molar-refractivity contribution in [2.24, 2.45) is 16.6 Å². The van der Waals surface area contributed by atoms with E-state index in [0.717, 1.165) is 44.2 Å². The van der Waals surface area contributed by atoms with E-state index in [1.165, 1.54) is 0 Å². The molecule has 1 aromatic rings. The van der Waals surface area contributed by atoms with Crippen molar-refractivity contribution >= 4 is 35.8 Å². The van der Waals surface area contributed by atoms with E-state index < -0.39 is 0 Å². The fourth-order valence-corrected chi connectivity index (χ4v) is 3.12. The normalized spacial score (nSPS) is 18.6. The Morgan fingerprint density at radius 3 is 2.81 bits per heavy atom. The van der Waals surface area contributed by atoms with E-state index in [1.807, 2.05) is 37.3 Å². The largest absolute Gasteiger partial charge is 0.489 e. The molecule has 2 rings (SSSR count). The number of carbonyl (C=O) groups is 1. The lowest BCUT2D eigenvalue weighted by molar-refractivity contribution is -0.119. The van der Waals surface area contributed by atoms with Crippen LogP contribution in [-0.2, 0) is 4.79 Å². The topological polar surface area (TPSA) is 80.0 Å². The summed E-state index contributed by atoms with van der Waals surface area (Å²) in [4.78, 5) is 18.2. The maximum Gasteiger partial charge on any atom is 0.217 e. The van der Waals surface area contributed by atoms with Gasteiger partial charge in [0.25, 0.3) is 0 Å². The number of nitrogens with one attached hydrogen (secondary N) is 1. The minimum atomic E-state index is -0.223. The number of piperidine rings is 1. The first-order valence-corrected chi connectivity index (χ1v) is 9.11. The van der Waals surface area contributed by atoms with Gasteiger partial charge in [-0.25, -0.2) is 4.99 Å². The summed E-state index contributed by atoms with van der Waals surface area (Å²) in [5.41, 5.74) is 5.36. The number of aliphatic imine (C=N–C) groups is 1. The number of likely N-dealkylation sites (tertiary alicyclic amines) is 1. The molecule has 1 amide bonds. The summed E-state index contributed by atoms with van der Waals surface area (Å²) in [6, 6.07) is 9.79. The zero-order valence-electron chi connectivity index (χ0n) is 15.7. The molecular weight excluding hydrogens is 443 g/mol. The van der Waals surface area contributed by atoms with Crippen molar-refractivity contribution in [2.75, 3.05) is 26.2 Å². The van der Waals surface area contributed by atoms with Gasteiger partial charge >= 0.3 is 0 Å². The minimum absolute atomic E-state index is 0. The average molecular weight is 474 g/mol. The molecule has 0 radical (unpaired) electrons. The molecule has 0 spiro atoms. The maximum absolute atomic E-state index is 11.2. The molecule has 7 heteroatoms. The first-order valence-electron chi connectivity index (χ1n) is 9.11. The zero-order valence-corrected chi connectivity index (χ0v) is 18.0. The van der Waals surface area contributed by atoms with Gasteiger partial charge in [0.05, 0.1) is 6.54 Å². The number of ether oxygens (including phenoxy) is 1. The highest BCUT2D eigenvalue weighted by Gasteiger charge is 2.23. The Bertz CT molecular complexity index is 568. The monoisotopic (exact) mass is 474 g/mol. The summed E-state index contributed by atoms with van der Waals surface area (Å²) in [7, 11) is 0. The van der Waals surface area contributed by atoms with E-state index in [1.54, 1.807) is 0 Å². The molecule has 1 aliphatic rings. The van der Waals surface area contributed by atoms with Crippen LogP contribution in [0.2, 0.25) is 0 Å². The van der Waals surface area contributed by atoms with Crippen molar-refractivity contribution < 1.29 is 9.53 Å². The molecule has 1 aromatic carbocycles. The Labute approximate surface area is 173 Å². The van der Waals surface area contributed by atoms with Crippen molar-refractivity contribution in [2.45, 2.75) is 39.2 Å². The van der Waals surface area contributed by atoms with Gasteiger partial charge in [0.15, 0.2) is 5.96 Å². The van der Waals surface area contributed by atoms with Gasteiger partial charge in [0.1, 0.15) is 11.9 Å². The molecule has 2 unspecified atom stereocenters. The van der Waals surface area contributed by atoms with Crippen LogP contribution < -0.4 is 15.8 Å². The zero-order chi connectivity index (χ0) is 18.1. The number of guanidine groups is 1. The van der Waals surface area contributed by atoms with Gasteiger partial charge in [-0.3, -0.25) is 4.79 Å². The highest BCUT2D eigenvalue weighted by Crippen LogP contribution is 2.19. The van der Waals surface area contributed by atoms with Gasteiger partial charge in [-0.1, -0.05) is 18.2 Å². The van der Waals surface area contributed by atoms with Gasteiger partial charge < -0.3 is 20.7 Å². The smallest absolute Gasteiger partial charge is 0.217 e. The van der Waals surface area contributed by atoms with Crippen molar-refractivity contribution in [1.29, 1.82) is 0 Å². The third-order valence-electron chi connectivity index (χ3n) is 4.22. The number of benzene rings is 1. The maximum atomic E-state index is 11.2. The molecule has 1 heterocycles. The summed E-state index contributed by atoms with van der Waals surface area (Å²) < 4.78 is 5.89. The fourth-order valence-electron chi connectivity index (χ4n) is 3.12. The molecule has 26 heavy (non-hydrogen) atoms. The molecule has 1 aliphatic heterocycles. The molecule has 0 aromatic heterocycles. The fraction of sp³-hybridized carbons (Fsp3) is 0.579. The van der Waals surface area contributed by atoms with Crippen molar-refractivity contribution in [3.8, 4) is 5.75 Å². The van der Waals surface area contributed by atoms with E-state index in [9.17, 15) is 4.79 Å². The third kappa shape index (κ3) is 7.80. The second-order valence-corrected chi connectivity index (χ2v) is 6.56. The number of primary amides is 1. The number of hydrogen-bond donors (Lipinski definition) is 2. The Hall–Kier alpha value is -1.51. The highest BCUT2D eigenvalue weighted by atomic mass is 127. The second kappa shape index (κ2) is 12.0. The Kier molecular flexibility index (Phi) is 10.4. The number of nitrogens with two attached hydrogens (primary N) is 1. The first kappa shape index (κ1) is 22.5. The third-order valence-corrected chi connectivity index (χ3v) is 4.22. The van der Waals surface area contributed by atoms with Crippen LogP contribution >= 0.6 is 24.0 Å². The molecular formula is C19H31IN4O2. The average Bonchev–Trinajstić information content (AvgIpc) is 2.59. The van der Waals surface area contributed by atoms with Crippen molar-refractivity contribution in [1.82, 2.24) is 10.2 Å². The predicted octanol–water partition coefficient (Wildman–Crippen LogP) is 2.62. The van der Waals surface area contributed by atoms with Crippen LogP contribution in [0.4, 0.5) is 0 Å². The number of rotatable bonds is 7. The van der Waals surface area contributed by atoms with Gasteiger partial charge in [0.2, 0.25) is 5.91 Å². The van der Waals surface area contributed by atoms with Gasteiger partial charge in [-0.2, -0.15) is 0 Å². The van der Waals surface area contributed by atoms with Crippen LogP contribution in [-0.4, -0.2) is 49.0 Å². The van der Waals surface area contributed by atoms with Gasteiger partial charge in [0, 0.05) is 26.1 Å². The highest BCUT2D eigenvalue weighted by molar-refractivity contribution is 14.0. The van der Waals surface area contributed by atoms with Gasteiger partial charge in [-0.15, -0.1) is 24.0 Å². The van der Waals surface area contributed by atoms with E-state index in [-0.39, 0.29) is 36.0 Å². The molecule has 1 saturated heterocycles. The summed E-state index contributed by atoms with van der Waals surface area (Å²) in [5.74, 6) is 1.83. The summed E-state index contributed by atoms with van der Waals surface area (Å²) in [6.07, 6.45) is 2.54. The lowest BCUT2D eigenvalue weighted by atomic mass is 9.95. The number of para-hydroxylation sites is 1. The number of hydrogen-bond acceptors (Lipinski definition) is 3. The summed E-state index contributed by atoms with van der Waals surface area (Å²) >= 11 is 0. The van der Waals surface area contributed by atoms with E-state index in [4.69, 9.17) is 15.5 Å². The Balaban J connectivity index is 0.00000338. The second-order valence-electron chi connectivity index (χ2n) is 6.56. The van der Waals surface area contributed by atoms with Crippen LogP contribution in [0.5, 0.6) is 5.75 Å². The molecule has 6 nitrogen and oxygen atoms in total. The number of halogens is 1. The summed E-state index contributed by atoms with van der Waals surface area (Å²) in [5, 5.41) is 3.35. The molecule has 0 saturated carbocycles. The van der Waals surface area contributed by atoms with Crippen molar-refractivity contribution in [3.63, 3.8) is 0 Å². The molecule has 0 bridgehead atoms. The molecule has 1 fully saturated rings. The quantitative estimate of drug-likeness (QED) is 0.362. The van der Waals surface area contributed by atoms with Crippen LogP contribution in [0, 0.1) is 5.92 Å². The molecule has 2 atom stereocenters. The number of nitrogens with zero attached hydrogens (tertiary/aromatic N) is 2. The Morgan fingerprint density at radius 2 is 2.15 bits per heavy atom. The number of amides is 1. The lowest BCUT2D eigenvalue weighted by Gasteiger charge is -2.34. The number of carbonyl (C=O) groups excluding carboxylic acids is 1. The standard InChI is InChI=1S/C19H30N4O2.HI/c1-3-21-19(23-11-7-8-16(14-23)12-18(20)24)22-13-15(2)25-17-9-5-4-6-10-17;/h4-6,9-10,15-16H,3,7-8,11-14H2,1-2H3,(H2,20,24)(H,21,22);1H. The molecule has 0 aliphatic carbocycles. The van der Waals surface area contributed by atoms with Gasteiger partial charge in [-0.05, 0) is 44.7 Å². The minimum Gasteiger partial charge on any atom is -0.489 e.